The number of fused-ring (bicyclic) bond motifs is 1. The molecule has 2 aliphatic heterocycles. The minimum Gasteiger partial charge on any atom is -0.495 e. The summed E-state index contributed by atoms with van der Waals surface area (Å²) >= 11 is 6.15. The van der Waals surface area contributed by atoms with Crippen LogP contribution in [0.1, 0.15) is 27.6 Å². The minimum atomic E-state index is -1.34. The lowest BCUT2D eigenvalue weighted by Gasteiger charge is -2.44. The maximum atomic E-state index is 12.6. The summed E-state index contributed by atoms with van der Waals surface area (Å²) in [6.07, 6.45) is 0. The highest BCUT2D eigenvalue weighted by molar-refractivity contribution is 6.31. The molecule has 8 heteroatoms. The number of methoxy groups -OCH3 is 1. The second kappa shape index (κ2) is 7.91. The predicted octanol–water partition coefficient (Wildman–Crippen LogP) is 2.48. The van der Waals surface area contributed by atoms with E-state index in [2.05, 4.69) is 4.90 Å². The van der Waals surface area contributed by atoms with Crippen molar-refractivity contribution in [3.63, 3.8) is 0 Å². The van der Waals surface area contributed by atoms with Gasteiger partial charge in [0.25, 0.3) is 11.8 Å². The van der Waals surface area contributed by atoms with Crippen LogP contribution < -0.4 is 9.64 Å². The van der Waals surface area contributed by atoms with Crippen molar-refractivity contribution in [1.82, 2.24) is 9.80 Å². The molecule has 7 nitrogen and oxygen atoms in total. The summed E-state index contributed by atoms with van der Waals surface area (Å²) in [5, 5.41) is 11.8. The van der Waals surface area contributed by atoms with Gasteiger partial charge in [-0.05, 0) is 37.3 Å². The molecule has 158 valence electrons. The Morgan fingerprint density at radius 3 is 2.20 bits per heavy atom. The van der Waals surface area contributed by atoms with Crippen molar-refractivity contribution in [2.45, 2.75) is 12.6 Å². The Balaban J connectivity index is 1.44. The molecule has 2 heterocycles. The van der Waals surface area contributed by atoms with Gasteiger partial charge in [0.1, 0.15) is 11.5 Å². The lowest BCUT2D eigenvalue weighted by molar-refractivity contribution is -0.104. The Labute approximate surface area is 180 Å². The van der Waals surface area contributed by atoms with E-state index in [1.165, 1.54) is 0 Å². The lowest BCUT2D eigenvalue weighted by Crippen LogP contribution is -2.60. The molecule has 2 aliphatic rings. The number of anilines is 1. The molecule has 0 aliphatic carbocycles. The summed E-state index contributed by atoms with van der Waals surface area (Å²) in [5.41, 5.74) is 0.342. The zero-order valence-electron chi connectivity index (χ0n) is 17.0. The molecule has 30 heavy (non-hydrogen) atoms. The number of benzene rings is 2. The molecule has 0 spiro atoms. The van der Waals surface area contributed by atoms with Crippen molar-refractivity contribution in [2.75, 3.05) is 44.7 Å². The standard InChI is InChI=1S/C22H24ClN3O4/c1-22(29,14-26-20(27)16-5-3-4-6-17(16)21(26)28)25-11-9-24(10-12-25)18-13-15(23)7-8-19(18)30-2/h3-8,13,29H,9-12,14H2,1-2H3. The number of β-amino-alcohol motifs (C(OH)–C–C–N with tert-alkyl or cyclic N) is 1. The molecular weight excluding hydrogens is 406 g/mol. The summed E-state index contributed by atoms with van der Waals surface area (Å²) in [6.45, 7) is 3.98. The van der Waals surface area contributed by atoms with Crippen LogP contribution in [0.2, 0.25) is 5.02 Å². The first kappa shape index (κ1) is 20.7. The fraction of sp³-hybridized carbons (Fsp3) is 0.364. The third-order valence-electron chi connectivity index (χ3n) is 5.78. The number of halogens is 1. The molecule has 2 aromatic rings. The van der Waals surface area contributed by atoms with Gasteiger partial charge in [-0.3, -0.25) is 19.4 Å². The molecule has 1 fully saturated rings. The fourth-order valence-electron chi connectivity index (χ4n) is 4.12. The molecule has 1 unspecified atom stereocenters. The van der Waals surface area contributed by atoms with Gasteiger partial charge in [0.2, 0.25) is 0 Å². The van der Waals surface area contributed by atoms with E-state index in [1.54, 1.807) is 44.4 Å². The Morgan fingerprint density at radius 2 is 1.63 bits per heavy atom. The Hall–Kier alpha value is -2.61. The number of carbonyl (C=O) groups is 2. The molecule has 0 aromatic heterocycles. The van der Waals surface area contributed by atoms with Crippen LogP contribution >= 0.6 is 11.6 Å². The summed E-state index contributed by atoms with van der Waals surface area (Å²) in [4.78, 5) is 30.5. The third-order valence-corrected chi connectivity index (χ3v) is 6.01. The monoisotopic (exact) mass is 429 g/mol. The van der Waals surface area contributed by atoms with Crippen molar-refractivity contribution in [1.29, 1.82) is 0 Å². The molecule has 0 radical (unpaired) electrons. The highest BCUT2D eigenvalue weighted by Crippen LogP contribution is 2.33. The largest absolute Gasteiger partial charge is 0.495 e. The molecule has 2 aromatic carbocycles. The van der Waals surface area contributed by atoms with Gasteiger partial charge in [0.15, 0.2) is 0 Å². The number of ether oxygens (including phenoxy) is 1. The second-order valence-electron chi connectivity index (χ2n) is 7.75. The minimum absolute atomic E-state index is 0.0835. The average Bonchev–Trinajstić information content (AvgIpc) is 2.98. The number of piperazine rings is 1. The summed E-state index contributed by atoms with van der Waals surface area (Å²) in [6, 6.07) is 12.2. The van der Waals surface area contributed by atoms with E-state index in [-0.39, 0.29) is 18.4 Å². The topological polar surface area (TPSA) is 73.3 Å². The van der Waals surface area contributed by atoms with Crippen LogP contribution in [0.4, 0.5) is 5.69 Å². The first-order valence-electron chi connectivity index (χ1n) is 9.83. The van der Waals surface area contributed by atoms with Gasteiger partial charge in [0, 0.05) is 31.2 Å². The molecule has 0 saturated carbocycles. The van der Waals surface area contributed by atoms with Crippen LogP contribution in [-0.2, 0) is 0 Å². The van der Waals surface area contributed by atoms with Gasteiger partial charge in [-0.15, -0.1) is 0 Å². The van der Waals surface area contributed by atoms with E-state index in [0.29, 0.717) is 42.3 Å². The van der Waals surface area contributed by atoms with Crippen molar-refractivity contribution in [3.05, 3.63) is 58.6 Å². The second-order valence-corrected chi connectivity index (χ2v) is 8.19. The van der Waals surface area contributed by atoms with Crippen LogP contribution in [0, 0.1) is 0 Å². The maximum absolute atomic E-state index is 12.6. The van der Waals surface area contributed by atoms with Gasteiger partial charge < -0.3 is 14.7 Å². The molecule has 2 amide bonds. The number of nitrogens with zero attached hydrogens (tertiary/aromatic N) is 3. The van der Waals surface area contributed by atoms with E-state index in [4.69, 9.17) is 16.3 Å². The first-order chi connectivity index (χ1) is 14.3. The van der Waals surface area contributed by atoms with Crippen molar-refractivity contribution < 1.29 is 19.4 Å². The van der Waals surface area contributed by atoms with Crippen molar-refractivity contribution >= 4 is 29.1 Å². The SMILES string of the molecule is COc1ccc(Cl)cc1N1CCN(C(C)(O)CN2C(=O)c3ccccc3C2=O)CC1. The molecule has 0 bridgehead atoms. The molecule has 1 atom stereocenters. The third kappa shape index (κ3) is 3.64. The zero-order valence-corrected chi connectivity index (χ0v) is 17.7. The van der Waals surface area contributed by atoms with Gasteiger partial charge >= 0.3 is 0 Å². The van der Waals surface area contributed by atoms with Crippen LogP contribution in [0.5, 0.6) is 5.75 Å². The lowest BCUT2D eigenvalue weighted by atomic mass is 10.1. The van der Waals surface area contributed by atoms with E-state index in [9.17, 15) is 14.7 Å². The number of amides is 2. The van der Waals surface area contributed by atoms with Gasteiger partial charge in [-0.1, -0.05) is 23.7 Å². The fourth-order valence-corrected chi connectivity index (χ4v) is 4.29. The number of imide groups is 1. The Kier molecular flexibility index (Phi) is 5.44. The molecule has 4 rings (SSSR count). The molecule has 1 saturated heterocycles. The molecule has 1 N–H and O–H groups in total. The van der Waals surface area contributed by atoms with Crippen LogP contribution in [0.3, 0.4) is 0 Å². The van der Waals surface area contributed by atoms with E-state index in [0.717, 1.165) is 16.3 Å². The number of aliphatic hydroxyl groups is 1. The van der Waals surface area contributed by atoms with Crippen LogP contribution in [0.15, 0.2) is 42.5 Å². The number of rotatable bonds is 5. The Morgan fingerprint density at radius 1 is 1.03 bits per heavy atom. The van der Waals surface area contributed by atoms with Gasteiger partial charge in [0.05, 0.1) is 30.5 Å². The maximum Gasteiger partial charge on any atom is 0.261 e. The summed E-state index contributed by atoms with van der Waals surface area (Å²) in [7, 11) is 1.62. The van der Waals surface area contributed by atoms with E-state index >= 15 is 0 Å². The smallest absolute Gasteiger partial charge is 0.261 e. The average molecular weight is 430 g/mol. The first-order valence-corrected chi connectivity index (χ1v) is 10.2. The van der Waals surface area contributed by atoms with Crippen molar-refractivity contribution in [3.8, 4) is 5.75 Å². The number of carbonyl (C=O) groups excluding carboxylic acids is 2. The van der Waals surface area contributed by atoms with Crippen molar-refractivity contribution in [2.24, 2.45) is 0 Å². The number of hydrogen-bond acceptors (Lipinski definition) is 6. The highest BCUT2D eigenvalue weighted by atomic mass is 35.5. The summed E-state index contributed by atoms with van der Waals surface area (Å²) < 4.78 is 5.45. The zero-order chi connectivity index (χ0) is 21.5. The van der Waals surface area contributed by atoms with E-state index in [1.807, 2.05) is 17.0 Å². The van der Waals surface area contributed by atoms with Crippen LogP contribution in [-0.4, -0.2) is 72.3 Å². The highest BCUT2D eigenvalue weighted by Gasteiger charge is 2.42. The molecular formula is C22H24ClN3O4. The predicted molar refractivity (Wildman–Crippen MR) is 114 cm³/mol. The summed E-state index contributed by atoms with van der Waals surface area (Å²) in [5.74, 6) is 0.0157. The normalized spacial score (nSPS) is 19.1. The van der Waals surface area contributed by atoms with E-state index < -0.39 is 5.72 Å². The quantitative estimate of drug-likeness (QED) is 0.736. The Bertz CT molecular complexity index is 951. The number of hydrogen-bond donors (Lipinski definition) is 1. The van der Waals surface area contributed by atoms with Crippen LogP contribution in [0.25, 0.3) is 0 Å². The van der Waals surface area contributed by atoms with Gasteiger partial charge in [-0.25, -0.2) is 0 Å². The van der Waals surface area contributed by atoms with Gasteiger partial charge in [-0.2, -0.15) is 0 Å².